The monoisotopic (exact) mass is 297 g/mol. The first-order valence-electron chi connectivity index (χ1n) is 5.97. The van der Waals surface area contributed by atoms with Gasteiger partial charge in [0.05, 0.1) is 11.6 Å². The number of anilines is 1. The lowest BCUT2D eigenvalue weighted by Crippen LogP contribution is -2.08. The molecular formula is C12H15N3O2S2. The van der Waals surface area contributed by atoms with E-state index in [0.29, 0.717) is 12.3 Å². The summed E-state index contributed by atoms with van der Waals surface area (Å²) >= 11 is 3.10. The van der Waals surface area contributed by atoms with Crippen molar-refractivity contribution in [1.82, 2.24) is 9.97 Å². The molecule has 0 radical (unpaired) electrons. The van der Waals surface area contributed by atoms with E-state index in [4.69, 9.17) is 4.74 Å². The molecule has 0 spiro atoms. The first-order chi connectivity index (χ1) is 9.20. The Bertz CT molecular complexity index is 537. The van der Waals surface area contributed by atoms with Crippen molar-refractivity contribution in [1.29, 1.82) is 0 Å². The number of rotatable bonds is 6. The van der Waals surface area contributed by atoms with Crippen molar-refractivity contribution < 1.29 is 9.53 Å². The van der Waals surface area contributed by atoms with Crippen LogP contribution >= 0.6 is 22.7 Å². The highest BCUT2D eigenvalue weighted by Crippen LogP contribution is 2.22. The van der Waals surface area contributed by atoms with Gasteiger partial charge in [-0.2, -0.15) is 0 Å². The summed E-state index contributed by atoms with van der Waals surface area (Å²) in [6.07, 6.45) is 2.65. The van der Waals surface area contributed by atoms with E-state index in [9.17, 15) is 4.79 Å². The van der Waals surface area contributed by atoms with Gasteiger partial charge in [0.15, 0.2) is 10.8 Å². The third-order valence-corrected chi connectivity index (χ3v) is 4.13. The molecule has 2 heterocycles. The molecule has 0 aliphatic rings. The van der Waals surface area contributed by atoms with E-state index in [1.807, 2.05) is 12.3 Å². The molecule has 102 valence electrons. The van der Waals surface area contributed by atoms with Gasteiger partial charge in [-0.3, -0.25) is 0 Å². The van der Waals surface area contributed by atoms with Crippen molar-refractivity contribution in [2.45, 2.75) is 20.3 Å². The van der Waals surface area contributed by atoms with Crippen LogP contribution in [0.2, 0.25) is 0 Å². The highest BCUT2D eigenvalue weighted by molar-refractivity contribution is 7.15. The molecule has 1 N–H and O–H groups in total. The standard InChI is InChI=1S/C12H15N3O2S2/c1-3-17-11(16)10-8(2)19-12(15-10)14-5-4-9-13-6-7-18-9/h6-7H,3-5H2,1-2H3,(H,14,15). The van der Waals surface area contributed by atoms with Crippen molar-refractivity contribution in [3.63, 3.8) is 0 Å². The number of esters is 1. The maximum Gasteiger partial charge on any atom is 0.358 e. The van der Waals surface area contributed by atoms with E-state index >= 15 is 0 Å². The number of nitrogens with zero attached hydrogens (tertiary/aromatic N) is 2. The lowest BCUT2D eigenvalue weighted by Gasteiger charge is -2.00. The third kappa shape index (κ3) is 3.74. The number of ether oxygens (including phenoxy) is 1. The molecule has 0 aromatic carbocycles. The number of aromatic nitrogens is 2. The van der Waals surface area contributed by atoms with Gasteiger partial charge in [0.1, 0.15) is 0 Å². The molecule has 0 aliphatic heterocycles. The molecule has 7 heteroatoms. The first-order valence-corrected chi connectivity index (χ1v) is 7.67. The lowest BCUT2D eigenvalue weighted by atomic mass is 10.4. The third-order valence-electron chi connectivity index (χ3n) is 2.36. The predicted octanol–water partition coefficient (Wildman–Crippen LogP) is 2.74. The van der Waals surface area contributed by atoms with E-state index in [1.54, 1.807) is 24.5 Å². The Morgan fingerprint density at radius 2 is 2.37 bits per heavy atom. The van der Waals surface area contributed by atoms with Gasteiger partial charge in [0.25, 0.3) is 0 Å². The van der Waals surface area contributed by atoms with Gasteiger partial charge in [0.2, 0.25) is 0 Å². The first kappa shape index (κ1) is 14.0. The molecule has 0 fully saturated rings. The number of thiazole rings is 2. The Morgan fingerprint density at radius 1 is 1.53 bits per heavy atom. The Morgan fingerprint density at radius 3 is 3.05 bits per heavy atom. The number of nitrogens with one attached hydrogen (secondary N) is 1. The van der Waals surface area contributed by atoms with Crippen LogP contribution in [0.5, 0.6) is 0 Å². The summed E-state index contributed by atoms with van der Waals surface area (Å²) in [6, 6.07) is 0. The van der Waals surface area contributed by atoms with Crippen LogP contribution in [0, 0.1) is 6.92 Å². The SMILES string of the molecule is CCOC(=O)c1nc(NCCc2nccs2)sc1C. The van der Waals surface area contributed by atoms with Gasteiger partial charge in [-0.05, 0) is 13.8 Å². The summed E-state index contributed by atoms with van der Waals surface area (Å²) in [6.45, 7) is 4.77. The summed E-state index contributed by atoms with van der Waals surface area (Å²) < 4.78 is 4.95. The van der Waals surface area contributed by atoms with Crippen LogP contribution in [-0.4, -0.2) is 29.1 Å². The quantitative estimate of drug-likeness (QED) is 0.831. The van der Waals surface area contributed by atoms with E-state index in [1.165, 1.54) is 11.3 Å². The molecule has 2 rings (SSSR count). The molecule has 0 unspecified atom stereocenters. The zero-order chi connectivity index (χ0) is 13.7. The van der Waals surface area contributed by atoms with Gasteiger partial charge in [-0.25, -0.2) is 14.8 Å². The van der Waals surface area contributed by atoms with Crippen molar-refractivity contribution in [2.75, 3.05) is 18.5 Å². The van der Waals surface area contributed by atoms with Crippen molar-refractivity contribution >= 4 is 33.8 Å². The van der Waals surface area contributed by atoms with E-state index in [0.717, 1.165) is 28.0 Å². The number of carbonyl (C=O) groups excluding carboxylic acids is 1. The second-order valence-corrected chi connectivity index (χ2v) is 5.93. The summed E-state index contributed by atoms with van der Waals surface area (Å²) in [5, 5.41) is 7.00. The largest absolute Gasteiger partial charge is 0.461 e. The van der Waals surface area contributed by atoms with Crippen LogP contribution in [0.4, 0.5) is 5.13 Å². The van der Waals surface area contributed by atoms with Crippen LogP contribution in [0.1, 0.15) is 27.3 Å². The fraction of sp³-hybridized carbons (Fsp3) is 0.417. The molecule has 2 aromatic rings. The summed E-state index contributed by atoms with van der Waals surface area (Å²) in [5.74, 6) is -0.357. The van der Waals surface area contributed by atoms with Crippen LogP contribution in [0.25, 0.3) is 0 Å². The summed E-state index contributed by atoms with van der Waals surface area (Å²) in [7, 11) is 0. The lowest BCUT2D eigenvalue weighted by molar-refractivity contribution is 0.0519. The summed E-state index contributed by atoms with van der Waals surface area (Å²) in [5.41, 5.74) is 0.406. The van der Waals surface area contributed by atoms with Gasteiger partial charge < -0.3 is 10.1 Å². The minimum Gasteiger partial charge on any atom is -0.461 e. The highest BCUT2D eigenvalue weighted by Gasteiger charge is 2.16. The van der Waals surface area contributed by atoms with Crippen LogP contribution in [0.15, 0.2) is 11.6 Å². The Balaban J connectivity index is 1.90. The minimum atomic E-state index is -0.357. The normalized spacial score (nSPS) is 10.4. The van der Waals surface area contributed by atoms with Crippen LogP contribution in [0.3, 0.4) is 0 Å². The van der Waals surface area contributed by atoms with E-state index < -0.39 is 0 Å². The van der Waals surface area contributed by atoms with Crippen molar-refractivity contribution in [2.24, 2.45) is 0 Å². The predicted molar refractivity (Wildman–Crippen MR) is 77.1 cm³/mol. The van der Waals surface area contributed by atoms with Crippen molar-refractivity contribution in [3.8, 4) is 0 Å². The highest BCUT2D eigenvalue weighted by atomic mass is 32.1. The fourth-order valence-corrected chi connectivity index (χ4v) is 2.96. The Hall–Kier alpha value is -1.47. The maximum absolute atomic E-state index is 11.6. The maximum atomic E-state index is 11.6. The molecule has 0 amide bonds. The minimum absolute atomic E-state index is 0.357. The second-order valence-electron chi connectivity index (χ2n) is 3.75. The molecule has 0 saturated carbocycles. The van der Waals surface area contributed by atoms with Crippen molar-refractivity contribution in [3.05, 3.63) is 27.2 Å². The molecule has 0 aliphatic carbocycles. The van der Waals surface area contributed by atoms with E-state index in [-0.39, 0.29) is 5.97 Å². The fourth-order valence-electron chi connectivity index (χ4n) is 1.51. The zero-order valence-electron chi connectivity index (χ0n) is 10.8. The second kappa shape index (κ2) is 6.63. The smallest absolute Gasteiger partial charge is 0.358 e. The molecule has 2 aromatic heterocycles. The Labute approximate surface area is 119 Å². The molecule has 0 atom stereocenters. The number of carbonyl (C=O) groups is 1. The average molecular weight is 297 g/mol. The molecule has 0 saturated heterocycles. The zero-order valence-corrected chi connectivity index (χ0v) is 12.4. The van der Waals surface area contributed by atoms with E-state index in [2.05, 4.69) is 15.3 Å². The van der Waals surface area contributed by atoms with Gasteiger partial charge >= 0.3 is 5.97 Å². The average Bonchev–Trinajstić information content (AvgIpc) is 2.99. The van der Waals surface area contributed by atoms with Gasteiger partial charge in [0, 0.05) is 29.4 Å². The molecule has 19 heavy (non-hydrogen) atoms. The van der Waals surface area contributed by atoms with Gasteiger partial charge in [-0.1, -0.05) is 0 Å². The number of hydrogen-bond donors (Lipinski definition) is 1. The van der Waals surface area contributed by atoms with Crippen LogP contribution < -0.4 is 5.32 Å². The molecular weight excluding hydrogens is 282 g/mol. The topological polar surface area (TPSA) is 64.1 Å². The number of aryl methyl sites for hydroxylation is 1. The van der Waals surface area contributed by atoms with Crippen LogP contribution in [-0.2, 0) is 11.2 Å². The van der Waals surface area contributed by atoms with Gasteiger partial charge in [-0.15, -0.1) is 22.7 Å². The number of hydrogen-bond acceptors (Lipinski definition) is 7. The molecule has 0 bridgehead atoms. The Kier molecular flexibility index (Phi) is 4.86. The summed E-state index contributed by atoms with van der Waals surface area (Å²) in [4.78, 5) is 21.0. The molecule has 5 nitrogen and oxygen atoms in total.